The van der Waals surface area contributed by atoms with Crippen molar-refractivity contribution in [2.45, 2.75) is 13.5 Å². The van der Waals surface area contributed by atoms with E-state index in [9.17, 15) is 0 Å². The minimum absolute atomic E-state index is 0.386. The molecule has 0 aliphatic carbocycles. The van der Waals surface area contributed by atoms with Gasteiger partial charge in [-0.15, -0.1) is 5.10 Å². The first-order valence-electron chi connectivity index (χ1n) is 5.99. The van der Waals surface area contributed by atoms with Crippen molar-refractivity contribution in [3.63, 3.8) is 0 Å². The third-order valence-corrected chi connectivity index (χ3v) is 3.20. The highest BCUT2D eigenvalue weighted by Gasteiger charge is 2.11. The second kappa shape index (κ2) is 4.97. The molecule has 102 valence electrons. The van der Waals surface area contributed by atoms with Crippen molar-refractivity contribution in [3.8, 4) is 11.3 Å². The van der Waals surface area contributed by atoms with Crippen molar-refractivity contribution in [2.24, 2.45) is 0 Å². The number of nitrogen functional groups attached to an aromatic ring is 1. The molecule has 20 heavy (non-hydrogen) atoms. The summed E-state index contributed by atoms with van der Waals surface area (Å²) >= 11 is 5.96. The maximum atomic E-state index is 5.96. The van der Waals surface area contributed by atoms with Crippen LogP contribution in [0.1, 0.15) is 11.6 Å². The highest BCUT2D eigenvalue weighted by Crippen LogP contribution is 2.23. The molecule has 1 aromatic carbocycles. The molecule has 0 atom stereocenters. The van der Waals surface area contributed by atoms with Crippen molar-refractivity contribution in [2.75, 3.05) is 5.73 Å². The SMILES string of the molecule is Cc1c(N)nnn1Cc1ncc(-c2cccc(Cl)c2)o1. The number of hydrogen-bond acceptors (Lipinski definition) is 5. The maximum absolute atomic E-state index is 5.96. The van der Waals surface area contributed by atoms with Gasteiger partial charge in [-0.05, 0) is 19.1 Å². The first-order chi connectivity index (χ1) is 9.63. The zero-order chi connectivity index (χ0) is 14.1. The number of rotatable bonds is 3. The van der Waals surface area contributed by atoms with Gasteiger partial charge in [0.25, 0.3) is 0 Å². The zero-order valence-corrected chi connectivity index (χ0v) is 11.5. The van der Waals surface area contributed by atoms with Crippen molar-refractivity contribution in [3.05, 3.63) is 47.1 Å². The molecule has 0 saturated heterocycles. The molecule has 7 heteroatoms. The normalized spacial score (nSPS) is 10.9. The Bertz CT molecular complexity index is 749. The Morgan fingerprint density at radius 1 is 1.40 bits per heavy atom. The summed E-state index contributed by atoms with van der Waals surface area (Å²) in [6.07, 6.45) is 1.66. The van der Waals surface area contributed by atoms with Crippen LogP contribution in [0.4, 0.5) is 5.82 Å². The fraction of sp³-hybridized carbons (Fsp3) is 0.154. The fourth-order valence-electron chi connectivity index (χ4n) is 1.81. The van der Waals surface area contributed by atoms with Crippen LogP contribution in [0.25, 0.3) is 11.3 Å². The Morgan fingerprint density at radius 2 is 2.25 bits per heavy atom. The van der Waals surface area contributed by atoms with E-state index in [1.807, 2.05) is 31.2 Å². The van der Waals surface area contributed by atoms with Crippen LogP contribution in [-0.2, 0) is 6.54 Å². The quantitative estimate of drug-likeness (QED) is 0.801. The van der Waals surface area contributed by atoms with Gasteiger partial charge in [0, 0.05) is 10.6 Å². The van der Waals surface area contributed by atoms with E-state index in [0.29, 0.717) is 29.0 Å². The summed E-state index contributed by atoms with van der Waals surface area (Å²) < 4.78 is 7.34. The first kappa shape index (κ1) is 12.7. The van der Waals surface area contributed by atoms with Gasteiger partial charge in [0.1, 0.15) is 6.54 Å². The highest BCUT2D eigenvalue weighted by atomic mass is 35.5. The summed E-state index contributed by atoms with van der Waals surface area (Å²) in [4.78, 5) is 4.23. The molecule has 0 saturated carbocycles. The van der Waals surface area contributed by atoms with E-state index >= 15 is 0 Å². The van der Waals surface area contributed by atoms with Crippen molar-refractivity contribution >= 4 is 17.4 Å². The molecule has 3 aromatic rings. The number of benzene rings is 1. The minimum Gasteiger partial charge on any atom is -0.439 e. The highest BCUT2D eigenvalue weighted by molar-refractivity contribution is 6.30. The molecule has 0 amide bonds. The van der Waals surface area contributed by atoms with Gasteiger partial charge >= 0.3 is 0 Å². The van der Waals surface area contributed by atoms with E-state index in [-0.39, 0.29) is 0 Å². The van der Waals surface area contributed by atoms with Crippen molar-refractivity contribution in [1.82, 2.24) is 20.0 Å². The van der Waals surface area contributed by atoms with Gasteiger partial charge in [0.05, 0.1) is 11.9 Å². The lowest BCUT2D eigenvalue weighted by Crippen LogP contribution is -2.04. The Morgan fingerprint density at radius 3 is 2.95 bits per heavy atom. The lowest BCUT2D eigenvalue weighted by atomic mass is 10.2. The number of nitrogens with zero attached hydrogens (tertiary/aromatic N) is 4. The van der Waals surface area contributed by atoms with Crippen LogP contribution in [0.2, 0.25) is 5.02 Å². The lowest BCUT2D eigenvalue weighted by molar-refractivity contribution is 0.465. The van der Waals surface area contributed by atoms with Gasteiger partial charge in [-0.2, -0.15) is 0 Å². The van der Waals surface area contributed by atoms with Crippen LogP contribution in [0.15, 0.2) is 34.9 Å². The summed E-state index contributed by atoms with van der Waals surface area (Å²) in [6, 6.07) is 7.41. The van der Waals surface area contributed by atoms with Crippen molar-refractivity contribution < 1.29 is 4.42 Å². The van der Waals surface area contributed by atoms with E-state index in [4.69, 9.17) is 21.8 Å². The maximum Gasteiger partial charge on any atom is 0.216 e. The fourth-order valence-corrected chi connectivity index (χ4v) is 2.00. The molecular formula is C13H12ClN5O. The Balaban J connectivity index is 1.85. The zero-order valence-electron chi connectivity index (χ0n) is 10.7. The Hall–Kier alpha value is -2.34. The van der Waals surface area contributed by atoms with E-state index in [0.717, 1.165) is 11.3 Å². The number of oxazole rings is 1. The molecule has 2 heterocycles. The van der Waals surface area contributed by atoms with Gasteiger partial charge in [0.15, 0.2) is 11.6 Å². The monoisotopic (exact) mass is 289 g/mol. The van der Waals surface area contributed by atoms with Gasteiger partial charge in [-0.3, -0.25) is 0 Å². The minimum atomic E-state index is 0.386. The smallest absolute Gasteiger partial charge is 0.216 e. The number of nitrogens with two attached hydrogens (primary N) is 1. The van der Waals surface area contributed by atoms with E-state index in [2.05, 4.69) is 15.3 Å². The molecule has 0 bridgehead atoms. The van der Waals surface area contributed by atoms with E-state index < -0.39 is 0 Å². The first-order valence-corrected chi connectivity index (χ1v) is 6.37. The summed E-state index contributed by atoms with van der Waals surface area (Å²) in [7, 11) is 0. The van der Waals surface area contributed by atoms with E-state index in [1.54, 1.807) is 10.9 Å². The molecule has 0 unspecified atom stereocenters. The molecule has 2 aromatic heterocycles. The molecular weight excluding hydrogens is 278 g/mol. The second-order valence-corrected chi connectivity index (χ2v) is 4.78. The van der Waals surface area contributed by atoms with E-state index in [1.165, 1.54) is 0 Å². The summed E-state index contributed by atoms with van der Waals surface area (Å²) in [5.74, 6) is 1.60. The molecule has 2 N–H and O–H groups in total. The van der Waals surface area contributed by atoms with Crippen LogP contribution in [0.5, 0.6) is 0 Å². The Kier molecular flexibility index (Phi) is 3.15. The van der Waals surface area contributed by atoms with Gasteiger partial charge in [0.2, 0.25) is 5.89 Å². The largest absolute Gasteiger partial charge is 0.439 e. The number of anilines is 1. The standard InChI is InChI=1S/C13H12ClN5O/c1-8-13(15)17-18-19(8)7-12-16-6-11(20-12)9-3-2-4-10(14)5-9/h2-6H,7,15H2,1H3. The average molecular weight is 290 g/mol. The second-order valence-electron chi connectivity index (χ2n) is 4.35. The third-order valence-electron chi connectivity index (χ3n) is 2.97. The predicted molar refractivity (Wildman–Crippen MR) is 75.2 cm³/mol. The van der Waals surface area contributed by atoms with Crippen LogP contribution in [-0.4, -0.2) is 20.0 Å². The predicted octanol–water partition coefficient (Wildman–Crippen LogP) is 2.53. The number of halogens is 1. The summed E-state index contributed by atoms with van der Waals surface area (Å²) in [6.45, 7) is 2.23. The summed E-state index contributed by atoms with van der Waals surface area (Å²) in [5.41, 5.74) is 7.31. The summed E-state index contributed by atoms with van der Waals surface area (Å²) in [5, 5.41) is 8.37. The molecule has 6 nitrogen and oxygen atoms in total. The Labute approximate surface area is 120 Å². The van der Waals surface area contributed by atoms with Gasteiger partial charge in [-0.25, -0.2) is 9.67 Å². The number of aromatic nitrogens is 4. The number of hydrogen-bond donors (Lipinski definition) is 1. The van der Waals surface area contributed by atoms with Gasteiger partial charge in [-0.1, -0.05) is 28.9 Å². The molecule has 0 radical (unpaired) electrons. The molecule has 0 fully saturated rings. The molecule has 0 aliphatic heterocycles. The van der Waals surface area contributed by atoms with Gasteiger partial charge < -0.3 is 10.2 Å². The van der Waals surface area contributed by atoms with Crippen LogP contribution >= 0.6 is 11.6 Å². The van der Waals surface area contributed by atoms with Crippen molar-refractivity contribution in [1.29, 1.82) is 0 Å². The van der Waals surface area contributed by atoms with Crippen LogP contribution in [0.3, 0.4) is 0 Å². The lowest BCUT2D eigenvalue weighted by Gasteiger charge is -1.99. The topological polar surface area (TPSA) is 82.8 Å². The van der Waals surface area contributed by atoms with Crippen LogP contribution in [0, 0.1) is 6.92 Å². The molecule has 0 aliphatic rings. The average Bonchev–Trinajstić information content (AvgIpc) is 3.01. The third kappa shape index (κ3) is 2.37. The molecule has 0 spiro atoms. The van der Waals surface area contributed by atoms with Crippen LogP contribution < -0.4 is 5.73 Å². The molecule has 3 rings (SSSR count).